The van der Waals surface area contributed by atoms with Gasteiger partial charge < -0.3 is 4.90 Å². The van der Waals surface area contributed by atoms with Crippen LogP contribution in [0.1, 0.15) is 5.56 Å². The highest BCUT2D eigenvalue weighted by atomic mass is 35.5. The first-order valence-electron chi connectivity index (χ1n) is 7.54. The molecule has 0 spiro atoms. The molecule has 6 nitrogen and oxygen atoms in total. The Morgan fingerprint density at radius 2 is 2.04 bits per heavy atom. The highest BCUT2D eigenvalue weighted by molar-refractivity contribution is 6.33. The van der Waals surface area contributed by atoms with Crippen molar-refractivity contribution in [3.8, 4) is 11.4 Å². The van der Waals surface area contributed by atoms with Crippen molar-refractivity contribution in [2.24, 2.45) is 0 Å². The average Bonchev–Trinajstić information content (AvgIpc) is 3.03. The Kier molecular flexibility index (Phi) is 5.04. The molecular weight excluding hydrogens is 345 g/mol. The number of hydrogen-bond donors (Lipinski definition) is 0. The summed E-state index contributed by atoms with van der Waals surface area (Å²) in [5, 5.41) is 12.5. The van der Waals surface area contributed by atoms with Crippen LogP contribution in [0.4, 0.5) is 4.39 Å². The Morgan fingerprint density at radius 1 is 1.24 bits per heavy atom. The van der Waals surface area contributed by atoms with Gasteiger partial charge in [0.25, 0.3) is 0 Å². The minimum absolute atomic E-state index is 0.0662. The molecule has 128 valence electrons. The van der Waals surface area contributed by atoms with E-state index in [1.54, 1.807) is 37.4 Å². The number of benzene rings is 2. The fourth-order valence-corrected chi connectivity index (χ4v) is 2.52. The van der Waals surface area contributed by atoms with Crippen molar-refractivity contribution in [2.45, 2.75) is 13.1 Å². The first kappa shape index (κ1) is 17.0. The van der Waals surface area contributed by atoms with Crippen LogP contribution in [-0.4, -0.2) is 38.1 Å². The van der Waals surface area contributed by atoms with Crippen molar-refractivity contribution in [1.29, 1.82) is 0 Å². The zero-order chi connectivity index (χ0) is 17.8. The molecule has 0 bridgehead atoms. The Hall–Kier alpha value is -2.80. The summed E-state index contributed by atoms with van der Waals surface area (Å²) in [6.07, 6.45) is 0. The van der Waals surface area contributed by atoms with E-state index in [-0.39, 0.29) is 18.3 Å². The quantitative estimate of drug-likeness (QED) is 0.702. The largest absolute Gasteiger partial charge is 0.340 e. The van der Waals surface area contributed by atoms with Crippen molar-refractivity contribution in [2.75, 3.05) is 7.05 Å². The van der Waals surface area contributed by atoms with Crippen LogP contribution < -0.4 is 0 Å². The molecule has 1 heterocycles. The first-order valence-corrected chi connectivity index (χ1v) is 7.92. The van der Waals surface area contributed by atoms with E-state index in [4.69, 9.17) is 11.6 Å². The van der Waals surface area contributed by atoms with Gasteiger partial charge in [0.1, 0.15) is 12.4 Å². The number of carbonyl (C=O) groups is 1. The van der Waals surface area contributed by atoms with Crippen LogP contribution in [0.25, 0.3) is 11.4 Å². The normalized spacial score (nSPS) is 10.7. The Morgan fingerprint density at radius 3 is 2.80 bits per heavy atom. The van der Waals surface area contributed by atoms with Crippen LogP contribution in [0.5, 0.6) is 0 Å². The molecule has 0 unspecified atom stereocenters. The van der Waals surface area contributed by atoms with Crippen molar-refractivity contribution >= 4 is 17.5 Å². The summed E-state index contributed by atoms with van der Waals surface area (Å²) in [4.78, 5) is 15.0. The number of tetrazole rings is 1. The number of likely N-dealkylation sites (N-methyl/N-ethyl adjacent to an activating group) is 1. The molecule has 0 aliphatic rings. The van der Waals surface area contributed by atoms with Crippen LogP contribution in [-0.2, 0) is 17.9 Å². The van der Waals surface area contributed by atoms with E-state index in [1.807, 2.05) is 6.07 Å². The van der Waals surface area contributed by atoms with E-state index in [0.29, 0.717) is 28.5 Å². The van der Waals surface area contributed by atoms with Crippen LogP contribution in [0.15, 0.2) is 48.5 Å². The molecule has 0 N–H and O–H groups in total. The smallest absolute Gasteiger partial charge is 0.246 e. The maximum absolute atomic E-state index is 13.2. The topological polar surface area (TPSA) is 63.9 Å². The predicted molar refractivity (Wildman–Crippen MR) is 91.1 cm³/mol. The molecule has 0 saturated heterocycles. The summed E-state index contributed by atoms with van der Waals surface area (Å²) in [5.41, 5.74) is 1.36. The maximum atomic E-state index is 13.2. The number of nitrogens with zero attached hydrogens (tertiary/aromatic N) is 5. The van der Waals surface area contributed by atoms with Gasteiger partial charge in [0, 0.05) is 19.2 Å². The molecular formula is C17H15ClFN5O. The number of halogens is 2. The van der Waals surface area contributed by atoms with Crippen LogP contribution >= 0.6 is 11.6 Å². The van der Waals surface area contributed by atoms with Crippen molar-refractivity contribution in [3.05, 3.63) is 64.9 Å². The van der Waals surface area contributed by atoms with E-state index in [2.05, 4.69) is 15.4 Å². The highest BCUT2D eigenvalue weighted by Gasteiger charge is 2.14. The standard InChI is InChI=1S/C17H15ClFN5O/c1-23(10-12-5-4-6-13(19)9-12)16(25)11-24-21-17(20-22-24)14-7-2-3-8-15(14)18/h2-9H,10-11H2,1H3. The lowest BCUT2D eigenvalue weighted by Gasteiger charge is -2.16. The molecule has 0 radical (unpaired) electrons. The zero-order valence-corrected chi connectivity index (χ0v) is 14.2. The SMILES string of the molecule is CN(Cc1cccc(F)c1)C(=O)Cn1nnc(-c2ccccc2Cl)n1. The molecule has 0 atom stereocenters. The second-order valence-corrected chi connectivity index (χ2v) is 5.91. The third kappa shape index (κ3) is 4.19. The lowest BCUT2D eigenvalue weighted by atomic mass is 10.2. The van der Waals surface area contributed by atoms with Crippen molar-refractivity contribution < 1.29 is 9.18 Å². The summed E-state index contributed by atoms with van der Waals surface area (Å²) in [6.45, 7) is 0.228. The first-order chi connectivity index (χ1) is 12.0. The van der Waals surface area contributed by atoms with Gasteiger partial charge in [0.2, 0.25) is 11.7 Å². The number of amides is 1. The van der Waals surface area contributed by atoms with Gasteiger partial charge in [-0.05, 0) is 35.0 Å². The second kappa shape index (κ2) is 7.40. The van der Waals surface area contributed by atoms with E-state index in [1.165, 1.54) is 21.8 Å². The molecule has 0 saturated carbocycles. The lowest BCUT2D eigenvalue weighted by molar-refractivity contribution is -0.131. The van der Waals surface area contributed by atoms with E-state index >= 15 is 0 Å². The molecule has 1 aromatic heterocycles. The van der Waals surface area contributed by atoms with Gasteiger partial charge in [0.05, 0.1) is 5.02 Å². The third-order valence-electron chi connectivity index (χ3n) is 3.58. The molecule has 25 heavy (non-hydrogen) atoms. The van der Waals surface area contributed by atoms with E-state index in [0.717, 1.165) is 0 Å². The van der Waals surface area contributed by atoms with Crippen LogP contribution in [0.3, 0.4) is 0 Å². The summed E-state index contributed by atoms with van der Waals surface area (Å²) in [6, 6.07) is 13.3. The molecule has 3 rings (SSSR count). The molecule has 2 aromatic carbocycles. The summed E-state index contributed by atoms with van der Waals surface area (Å²) in [5.74, 6) is -0.195. The summed E-state index contributed by atoms with van der Waals surface area (Å²) in [7, 11) is 1.64. The Bertz CT molecular complexity index is 898. The number of hydrogen-bond acceptors (Lipinski definition) is 4. The van der Waals surface area contributed by atoms with E-state index in [9.17, 15) is 9.18 Å². The fourth-order valence-electron chi connectivity index (χ4n) is 2.30. The molecule has 1 amide bonds. The second-order valence-electron chi connectivity index (χ2n) is 5.50. The summed E-state index contributed by atoms with van der Waals surface area (Å²) < 4.78 is 13.2. The van der Waals surface area contributed by atoms with Crippen molar-refractivity contribution in [3.63, 3.8) is 0 Å². The molecule has 8 heteroatoms. The fraction of sp³-hybridized carbons (Fsp3) is 0.176. The van der Waals surface area contributed by atoms with Gasteiger partial charge in [-0.2, -0.15) is 4.80 Å². The molecule has 0 aliphatic heterocycles. The average molecular weight is 360 g/mol. The zero-order valence-electron chi connectivity index (χ0n) is 13.4. The summed E-state index contributed by atoms with van der Waals surface area (Å²) >= 11 is 6.10. The number of carbonyl (C=O) groups excluding carboxylic acids is 1. The van der Waals surface area contributed by atoms with Gasteiger partial charge in [0.15, 0.2) is 0 Å². The van der Waals surface area contributed by atoms with Crippen molar-refractivity contribution in [1.82, 2.24) is 25.1 Å². The van der Waals surface area contributed by atoms with Gasteiger partial charge in [-0.3, -0.25) is 4.79 Å². The van der Waals surface area contributed by atoms with Crippen LogP contribution in [0.2, 0.25) is 5.02 Å². The third-order valence-corrected chi connectivity index (χ3v) is 3.91. The van der Waals surface area contributed by atoms with Gasteiger partial charge in [-0.15, -0.1) is 10.2 Å². The molecule has 0 fully saturated rings. The minimum atomic E-state index is -0.333. The van der Waals surface area contributed by atoms with Gasteiger partial charge >= 0.3 is 0 Å². The number of rotatable bonds is 5. The number of aromatic nitrogens is 4. The van der Waals surface area contributed by atoms with E-state index < -0.39 is 0 Å². The Balaban J connectivity index is 1.66. The minimum Gasteiger partial charge on any atom is -0.340 e. The monoisotopic (exact) mass is 359 g/mol. The lowest BCUT2D eigenvalue weighted by Crippen LogP contribution is -2.30. The van der Waals surface area contributed by atoms with Crippen LogP contribution in [0, 0.1) is 5.82 Å². The highest BCUT2D eigenvalue weighted by Crippen LogP contribution is 2.23. The molecule has 3 aromatic rings. The Labute approximate surface area is 148 Å². The molecule has 0 aliphatic carbocycles. The predicted octanol–water partition coefficient (Wildman–Crippen LogP) is 2.79. The van der Waals surface area contributed by atoms with Gasteiger partial charge in [-0.1, -0.05) is 35.9 Å². The maximum Gasteiger partial charge on any atom is 0.246 e. The van der Waals surface area contributed by atoms with Gasteiger partial charge in [-0.25, -0.2) is 4.39 Å².